The van der Waals surface area contributed by atoms with Crippen LogP contribution in [0.5, 0.6) is 0 Å². The zero-order valence-corrected chi connectivity index (χ0v) is 13.8. The minimum Gasteiger partial charge on any atom is -0.370 e. The molecule has 0 saturated carbocycles. The Morgan fingerprint density at radius 3 is 2.76 bits per heavy atom. The number of nitrogens with two attached hydrogens (primary N) is 1. The number of hydrogen-bond acceptors (Lipinski definition) is 3. The van der Waals surface area contributed by atoms with Gasteiger partial charge in [0.25, 0.3) is 0 Å². The summed E-state index contributed by atoms with van der Waals surface area (Å²) in [6.45, 7) is 8.92. The molecule has 2 rings (SSSR count). The predicted molar refractivity (Wildman–Crippen MR) is 91.1 cm³/mol. The van der Waals surface area contributed by atoms with Crippen LogP contribution >= 0.6 is 11.3 Å². The van der Waals surface area contributed by atoms with E-state index in [1.165, 1.54) is 10.4 Å². The second kappa shape index (κ2) is 6.72. The Balaban J connectivity index is 2.03. The summed E-state index contributed by atoms with van der Waals surface area (Å²) in [6, 6.07) is 8.24. The molecule has 1 aromatic heterocycles. The van der Waals surface area contributed by atoms with E-state index in [0.717, 1.165) is 16.4 Å². The van der Waals surface area contributed by atoms with Gasteiger partial charge in [-0.3, -0.25) is 0 Å². The first-order valence-corrected chi connectivity index (χ1v) is 7.87. The number of nitrogens with one attached hydrogen (secondary N) is 1. The molecule has 4 nitrogen and oxygen atoms in total. The maximum absolute atomic E-state index is 5.95. The zero-order valence-electron chi connectivity index (χ0n) is 13.0. The number of benzene rings is 1. The van der Waals surface area contributed by atoms with E-state index < -0.39 is 0 Å². The van der Waals surface area contributed by atoms with Crippen LogP contribution in [-0.4, -0.2) is 10.9 Å². The lowest BCUT2D eigenvalue weighted by Crippen LogP contribution is -2.22. The lowest BCUT2D eigenvalue weighted by atomic mass is 10.0. The summed E-state index contributed by atoms with van der Waals surface area (Å²) in [5.74, 6) is 0.909. The SMILES string of the molecule is Cc1nc(CN=C(N)Nc2cccc(C(C)C)c2)c(C)s1. The van der Waals surface area contributed by atoms with Crippen LogP contribution in [0.3, 0.4) is 0 Å². The van der Waals surface area contributed by atoms with E-state index >= 15 is 0 Å². The minimum absolute atomic E-state index is 0.418. The fourth-order valence-electron chi connectivity index (χ4n) is 2.04. The van der Waals surface area contributed by atoms with Gasteiger partial charge in [-0.2, -0.15) is 0 Å². The molecule has 112 valence electrons. The summed E-state index contributed by atoms with van der Waals surface area (Å²) in [7, 11) is 0. The molecule has 1 aromatic carbocycles. The highest BCUT2D eigenvalue weighted by atomic mass is 32.1. The van der Waals surface area contributed by atoms with E-state index in [1.54, 1.807) is 11.3 Å². The summed E-state index contributed by atoms with van der Waals surface area (Å²) < 4.78 is 0. The van der Waals surface area contributed by atoms with Gasteiger partial charge in [-0.05, 0) is 37.5 Å². The molecule has 1 heterocycles. The normalized spacial score (nSPS) is 12.0. The monoisotopic (exact) mass is 302 g/mol. The maximum Gasteiger partial charge on any atom is 0.193 e. The van der Waals surface area contributed by atoms with Crippen LogP contribution in [0.1, 0.15) is 40.9 Å². The molecule has 0 unspecified atom stereocenters. The summed E-state index contributed by atoms with van der Waals surface area (Å²) in [4.78, 5) is 10.0. The summed E-state index contributed by atoms with van der Waals surface area (Å²) >= 11 is 1.69. The number of aryl methyl sites for hydroxylation is 2. The third-order valence-corrected chi connectivity index (χ3v) is 4.15. The molecule has 21 heavy (non-hydrogen) atoms. The molecule has 3 N–H and O–H groups in total. The Bertz CT molecular complexity index is 643. The summed E-state index contributed by atoms with van der Waals surface area (Å²) in [5.41, 5.74) is 9.19. The number of hydrogen-bond donors (Lipinski definition) is 2. The highest BCUT2D eigenvalue weighted by molar-refractivity contribution is 7.11. The van der Waals surface area contributed by atoms with Crippen LogP contribution in [0, 0.1) is 13.8 Å². The number of aliphatic imine (C=N–C) groups is 1. The predicted octanol–water partition coefficient (Wildman–Crippen LogP) is 3.81. The van der Waals surface area contributed by atoms with Crippen molar-refractivity contribution >= 4 is 23.0 Å². The molecule has 0 bridgehead atoms. The quantitative estimate of drug-likeness (QED) is 0.667. The van der Waals surface area contributed by atoms with Gasteiger partial charge in [0.15, 0.2) is 5.96 Å². The number of aromatic nitrogens is 1. The molecule has 0 spiro atoms. The Labute approximate surface area is 130 Å². The molecule has 0 saturated heterocycles. The van der Waals surface area contributed by atoms with Gasteiger partial charge in [-0.15, -0.1) is 11.3 Å². The topological polar surface area (TPSA) is 63.3 Å². The van der Waals surface area contributed by atoms with Crippen molar-refractivity contribution in [2.24, 2.45) is 10.7 Å². The van der Waals surface area contributed by atoms with Gasteiger partial charge in [-0.25, -0.2) is 9.98 Å². The van der Waals surface area contributed by atoms with Crippen molar-refractivity contribution in [1.29, 1.82) is 0 Å². The van der Waals surface area contributed by atoms with E-state index in [9.17, 15) is 0 Å². The molecule has 0 radical (unpaired) electrons. The first-order valence-electron chi connectivity index (χ1n) is 7.05. The van der Waals surface area contributed by atoms with Crippen LogP contribution in [0.2, 0.25) is 0 Å². The van der Waals surface area contributed by atoms with Crippen LogP contribution in [0.4, 0.5) is 5.69 Å². The number of thiazole rings is 1. The average Bonchev–Trinajstić information content (AvgIpc) is 2.75. The molecule has 0 aliphatic rings. The lowest BCUT2D eigenvalue weighted by molar-refractivity contribution is 0.867. The Kier molecular flexibility index (Phi) is 4.96. The van der Waals surface area contributed by atoms with Crippen molar-refractivity contribution in [2.75, 3.05) is 5.32 Å². The molecule has 0 fully saturated rings. The van der Waals surface area contributed by atoms with E-state index in [4.69, 9.17) is 5.73 Å². The van der Waals surface area contributed by atoms with Crippen LogP contribution in [0.15, 0.2) is 29.3 Å². The van der Waals surface area contributed by atoms with E-state index in [1.807, 2.05) is 19.1 Å². The smallest absolute Gasteiger partial charge is 0.193 e. The molecular weight excluding hydrogens is 280 g/mol. The molecule has 0 aliphatic heterocycles. The fraction of sp³-hybridized carbons (Fsp3) is 0.375. The van der Waals surface area contributed by atoms with Crippen LogP contribution < -0.4 is 11.1 Å². The van der Waals surface area contributed by atoms with Gasteiger partial charge >= 0.3 is 0 Å². The number of nitrogens with zero attached hydrogens (tertiary/aromatic N) is 2. The lowest BCUT2D eigenvalue weighted by Gasteiger charge is -2.09. The molecule has 5 heteroatoms. The van der Waals surface area contributed by atoms with Gasteiger partial charge in [0.1, 0.15) is 0 Å². The molecule has 2 aromatic rings. The standard InChI is InChI=1S/C16H22N4S/c1-10(2)13-6-5-7-14(8-13)20-16(17)18-9-15-11(3)21-12(4)19-15/h5-8,10H,9H2,1-4H3,(H3,17,18,20). The minimum atomic E-state index is 0.418. The van der Waals surface area contributed by atoms with E-state index in [0.29, 0.717) is 18.4 Å². The highest BCUT2D eigenvalue weighted by Gasteiger charge is 2.05. The van der Waals surface area contributed by atoms with E-state index in [-0.39, 0.29) is 0 Å². The molecule has 0 atom stereocenters. The molecule has 0 aliphatic carbocycles. The second-order valence-electron chi connectivity index (χ2n) is 5.34. The van der Waals surface area contributed by atoms with Crippen LogP contribution in [-0.2, 0) is 6.54 Å². The van der Waals surface area contributed by atoms with Crippen LogP contribution in [0.25, 0.3) is 0 Å². The van der Waals surface area contributed by atoms with Gasteiger partial charge < -0.3 is 11.1 Å². The average molecular weight is 302 g/mol. The zero-order chi connectivity index (χ0) is 15.4. The maximum atomic E-state index is 5.95. The van der Waals surface area contributed by atoms with Gasteiger partial charge in [0.2, 0.25) is 0 Å². The Morgan fingerprint density at radius 2 is 2.14 bits per heavy atom. The first kappa shape index (κ1) is 15.5. The third kappa shape index (κ3) is 4.29. The van der Waals surface area contributed by atoms with Crippen molar-refractivity contribution in [2.45, 2.75) is 40.2 Å². The van der Waals surface area contributed by atoms with Gasteiger partial charge in [-0.1, -0.05) is 26.0 Å². The van der Waals surface area contributed by atoms with Gasteiger partial charge in [0, 0.05) is 10.6 Å². The Morgan fingerprint density at radius 1 is 1.38 bits per heavy atom. The van der Waals surface area contributed by atoms with Gasteiger partial charge in [0.05, 0.1) is 17.2 Å². The fourth-order valence-corrected chi connectivity index (χ4v) is 2.87. The molecule has 0 amide bonds. The van der Waals surface area contributed by atoms with E-state index in [2.05, 4.69) is 48.2 Å². The first-order chi connectivity index (χ1) is 9.95. The Hall–Kier alpha value is -1.88. The summed E-state index contributed by atoms with van der Waals surface area (Å²) in [5, 5.41) is 4.20. The van der Waals surface area contributed by atoms with Crippen molar-refractivity contribution in [3.05, 3.63) is 45.4 Å². The van der Waals surface area contributed by atoms with Crippen molar-refractivity contribution in [3.8, 4) is 0 Å². The number of anilines is 1. The summed E-state index contributed by atoms with van der Waals surface area (Å²) in [6.07, 6.45) is 0. The van der Waals surface area contributed by atoms with Crippen molar-refractivity contribution in [3.63, 3.8) is 0 Å². The third-order valence-electron chi connectivity index (χ3n) is 3.22. The number of rotatable bonds is 4. The largest absolute Gasteiger partial charge is 0.370 e. The highest BCUT2D eigenvalue weighted by Crippen LogP contribution is 2.19. The number of guanidine groups is 1. The molecular formula is C16H22N4S. The van der Waals surface area contributed by atoms with Crippen molar-refractivity contribution < 1.29 is 0 Å². The van der Waals surface area contributed by atoms with Crippen molar-refractivity contribution in [1.82, 2.24) is 4.98 Å². The second-order valence-corrected chi connectivity index (χ2v) is 6.75.